The third-order valence-electron chi connectivity index (χ3n) is 3.07. The second kappa shape index (κ2) is 6.35. The molecule has 2 aromatic rings. The maximum Gasteiger partial charge on any atom is 0.255 e. The predicted molar refractivity (Wildman–Crippen MR) is 80.2 cm³/mol. The quantitative estimate of drug-likeness (QED) is 0.770. The van der Waals surface area contributed by atoms with Crippen LogP contribution < -0.4 is 4.90 Å². The van der Waals surface area contributed by atoms with Crippen LogP contribution in [0.3, 0.4) is 0 Å². The monoisotopic (exact) mass is 343 g/mol. The lowest BCUT2D eigenvalue weighted by Crippen LogP contribution is -2.27. The predicted octanol–water partition coefficient (Wildman–Crippen LogP) is 3.78. The van der Waals surface area contributed by atoms with Crippen molar-refractivity contribution >= 4 is 21.7 Å². The number of aryl methyl sites for hydroxylation is 1. The van der Waals surface area contributed by atoms with Gasteiger partial charge in [0.2, 0.25) is 0 Å². The van der Waals surface area contributed by atoms with E-state index < -0.39 is 6.43 Å². The summed E-state index contributed by atoms with van der Waals surface area (Å²) in [6.45, 7) is 1.56. The van der Waals surface area contributed by atoms with E-state index in [4.69, 9.17) is 0 Å². The van der Waals surface area contributed by atoms with Gasteiger partial charge in [-0.15, -0.1) is 0 Å². The van der Waals surface area contributed by atoms with Crippen LogP contribution in [0.15, 0.2) is 30.3 Å². The van der Waals surface area contributed by atoms with Gasteiger partial charge in [0.25, 0.3) is 6.43 Å². The van der Waals surface area contributed by atoms with Crippen LogP contribution >= 0.6 is 15.9 Å². The van der Waals surface area contributed by atoms with Crippen LogP contribution in [-0.2, 0) is 5.33 Å². The van der Waals surface area contributed by atoms with E-state index in [-0.39, 0.29) is 6.54 Å². The Morgan fingerprint density at radius 2 is 1.95 bits per heavy atom. The number of benzene rings is 1. The van der Waals surface area contributed by atoms with Gasteiger partial charge < -0.3 is 4.90 Å². The maximum atomic E-state index is 12.7. The molecular formula is C14H16BrF2N3. The SMILES string of the molecule is Cc1nn(-c2ccccc2)c(N(C)CC(F)F)c1CBr. The van der Waals surface area contributed by atoms with Gasteiger partial charge in [0.1, 0.15) is 5.82 Å². The second-order valence-electron chi connectivity index (χ2n) is 4.54. The third-order valence-corrected chi connectivity index (χ3v) is 3.63. The molecule has 0 spiro atoms. The van der Waals surface area contributed by atoms with Crippen molar-refractivity contribution in [2.75, 3.05) is 18.5 Å². The van der Waals surface area contributed by atoms with Crippen LogP contribution in [0.4, 0.5) is 14.6 Å². The molecule has 0 N–H and O–H groups in total. The van der Waals surface area contributed by atoms with Crippen LogP contribution in [0.5, 0.6) is 0 Å². The van der Waals surface area contributed by atoms with Crippen LogP contribution in [0.1, 0.15) is 11.3 Å². The fraction of sp³-hybridized carbons (Fsp3) is 0.357. The molecule has 0 aliphatic rings. The number of nitrogens with zero attached hydrogens (tertiary/aromatic N) is 3. The number of aromatic nitrogens is 2. The number of hydrogen-bond acceptors (Lipinski definition) is 2. The van der Waals surface area contributed by atoms with Crippen LogP contribution in [0.2, 0.25) is 0 Å². The van der Waals surface area contributed by atoms with E-state index in [0.29, 0.717) is 11.1 Å². The topological polar surface area (TPSA) is 21.1 Å². The number of halogens is 3. The fourth-order valence-electron chi connectivity index (χ4n) is 2.14. The molecule has 0 aliphatic heterocycles. The van der Waals surface area contributed by atoms with Gasteiger partial charge in [0, 0.05) is 17.9 Å². The van der Waals surface area contributed by atoms with Crippen molar-refractivity contribution in [1.29, 1.82) is 0 Å². The van der Waals surface area contributed by atoms with Crippen molar-refractivity contribution in [3.63, 3.8) is 0 Å². The maximum absolute atomic E-state index is 12.7. The lowest BCUT2D eigenvalue weighted by molar-refractivity contribution is 0.156. The molecule has 0 radical (unpaired) electrons. The molecule has 108 valence electrons. The summed E-state index contributed by atoms with van der Waals surface area (Å²) in [4.78, 5) is 1.55. The van der Waals surface area contributed by atoms with Crippen molar-refractivity contribution in [2.45, 2.75) is 18.7 Å². The Morgan fingerprint density at radius 3 is 2.50 bits per heavy atom. The Bertz CT molecular complexity index is 569. The van der Waals surface area contributed by atoms with E-state index in [1.165, 1.54) is 0 Å². The highest BCUT2D eigenvalue weighted by molar-refractivity contribution is 9.08. The molecule has 0 bridgehead atoms. The summed E-state index contributed by atoms with van der Waals surface area (Å²) in [5, 5.41) is 5.06. The van der Waals surface area contributed by atoms with Gasteiger partial charge in [-0.05, 0) is 19.1 Å². The van der Waals surface area contributed by atoms with Crippen LogP contribution in [0, 0.1) is 6.92 Å². The number of alkyl halides is 3. The first-order valence-corrected chi connectivity index (χ1v) is 7.36. The number of rotatable bonds is 5. The molecule has 0 amide bonds. The first kappa shape index (κ1) is 15.0. The van der Waals surface area contributed by atoms with E-state index >= 15 is 0 Å². The molecule has 1 aromatic heterocycles. The Labute approximate surface area is 125 Å². The molecular weight excluding hydrogens is 328 g/mol. The lowest BCUT2D eigenvalue weighted by Gasteiger charge is -2.21. The molecule has 20 heavy (non-hydrogen) atoms. The molecule has 0 saturated carbocycles. The first-order chi connectivity index (χ1) is 9.54. The van der Waals surface area contributed by atoms with Gasteiger partial charge in [-0.3, -0.25) is 0 Å². The summed E-state index contributed by atoms with van der Waals surface area (Å²) in [6.07, 6.45) is -2.39. The van der Waals surface area contributed by atoms with Gasteiger partial charge in [-0.1, -0.05) is 34.1 Å². The average molecular weight is 344 g/mol. The highest BCUT2D eigenvalue weighted by Gasteiger charge is 2.20. The Kier molecular flexibility index (Phi) is 4.75. The Hall–Kier alpha value is -1.43. The molecule has 0 aliphatic carbocycles. The van der Waals surface area contributed by atoms with Crippen molar-refractivity contribution in [3.05, 3.63) is 41.6 Å². The fourth-order valence-corrected chi connectivity index (χ4v) is 2.80. The van der Waals surface area contributed by atoms with Gasteiger partial charge in [-0.25, -0.2) is 13.5 Å². The van der Waals surface area contributed by atoms with E-state index in [0.717, 1.165) is 16.9 Å². The molecule has 2 rings (SSSR count). The average Bonchev–Trinajstić information content (AvgIpc) is 2.75. The zero-order valence-corrected chi connectivity index (χ0v) is 12.9. The molecule has 1 heterocycles. The van der Waals surface area contributed by atoms with Gasteiger partial charge in [0.15, 0.2) is 0 Å². The zero-order chi connectivity index (χ0) is 14.7. The number of anilines is 1. The molecule has 0 unspecified atom stereocenters. The van der Waals surface area contributed by atoms with Gasteiger partial charge in [-0.2, -0.15) is 5.10 Å². The van der Waals surface area contributed by atoms with Crippen LogP contribution in [-0.4, -0.2) is 29.8 Å². The second-order valence-corrected chi connectivity index (χ2v) is 5.10. The molecule has 1 aromatic carbocycles. The van der Waals surface area contributed by atoms with Crippen molar-refractivity contribution in [3.8, 4) is 5.69 Å². The molecule has 3 nitrogen and oxygen atoms in total. The minimum absolute atomic E-state index is 0.321. The summed E-state index contributed by atoms with van der Waals surface area (Å²) < 4.78 is 27.0. The minimum atomic E-state index is -2.39. The molecule has 6 heteroatoms. The van der Waals surface area contributed by atoms with Gasteiger partial charge in [0.05, 0.1) is 17.9 Å². The van der Waals surface area contributed by atoms with E-state index in [2.05, 4.69) is 21.0 Å². The highest BCUT2D eigenvalue weighted by atomic mass is 79.9. The smallest absolute Gasteiger partial charge is 0.255 e. The Morgan fingerprint density at radius 1 is 1.30 bits per heavy atom. The standard InChI is InChI=1S/C14H16BrF2N3/c1-10-12(8-15)14(19(2)9-13(16)17)20(18-10)11-6-4-3-5-7-11/h3-7,13H,8-9H2,1-2H3. The first-order valence-electron chi connectivity index (χ1n) is 6.23. The Balaban J connectivity index is 2.52. The molecule has 0 fully saturated rings. The summed E-state index contributed by atoms with van der Waals surface area (Å²) in [6, 6.07) is 9.52. The van der Waals surface area contributed by atoms with E-state index in [9.17, 15) is 8.78 Å². The number of para-hydroxylation sites is 1. The van der Waals surface area contributed by atoms with E-state index in [1.807, 2.05) is 37.3 Å². The largest absolute Gasteiger partial charge is 0.354 e. The normalized spacial score (nSPS) is 11.1. The zero-order valence-electron chi connectivity index (χ0n) is 11.4. The molecule has 0 saturated heterocycles. The summed E-state index contributed by atoms with van der Waals surface area (Å²) in [5.74, 6) is 0.700. The van der Waals surface area contributed by atoms with Crippen molar-refractivity contribution in [1.82, 2.24) is 9.78 Å². The highest BCUT2D eigenvalue weighted by Crippen LogP contribution is 2.28. The number of hydrogen-bond donors (Lipinski definition) is 0. The summed E-state index contributed by atoms with van der Waals surface area (Å²) >= 11 is 3.41. The molecule has 0 atom stereocenters. The minimum Gasteiger partial charge on any atom is -0.354 e. The lowest BCUT2D eigenvalue weighted by atomic mass is 10.2. The van der Waals surface area contributed by atoms with Crippen molar-refractivity contribution in [2.24, 2.45) is 0 Å². The van der Waals surface area contributed by atoms with Crippen LogP contribution in [0.25, 0.3) is 5.69 Å². The summed E-state index contributed by atoms with van der Waals surface area (Å²) in [5.41, 5.74) is 2.62. The van der Waals surface area contributed by atoms with Crippen molar-refractivity contribution < 1.29 is 8.78 Å². The van der Waals surface area contributed by atoms with E-state index in [1.54, 1.807) is 16.6 Å². The third kappa shape index (κ3) is 3.00. The summed E-state index contributed by atoms with van der Waals surface area (Å²) in [7, 11) is 1.66. The van der Waals surface area contributed by atoms with Gasteiger partial charge >= 0.3 is 0 Å².